The van der Waals surface area contributed by atoms with E-state index in [0.29, 0.717) is 12.8 Å². The second kappa shape index (κ2) is 5.71. The van der Waals surface area contributed by atoms with Gasteiger partial charge < -0.3 is 15.2 Å². The van der Waals surface area contributed by atoms with Crippen molar-refractivity contribution in [2.75, 3.05) is 40.3 Å². The van der Waals surface area contributed by atoms with Crippen molar-refractivity contribution in [3.8, 4) is 18.2 Å². The van der Waals surface area contributed by atoms with E-state index in [1.54, 1.807) is 0 Å². The monoisotopic (exact) mass is 322 g/mol. The number of nitriles is 3. The molecule has 2 atom stereocenters. The Morgan fingerprint density at radius 2 is 1.75 bits per heavy atom. The molecule has 6 heteroatoms. The molecule has 1 spiro atoms. The zero-order valence-electron chi connectivity index (χ0n) is 14.2. The van der Waals surface area contributed by atoms with E-state index in [-0.39, 0.29) is 11.6 Å². The smallest absolute Gasteiger partial charge is 0.188 e. The first-order valence-electron chi connectivity index (χ1n) is 8.34. The Morgan fingerprint density at radius 1 is 1.12 bits per heavy atom. The van der Waals surface area contributed by atoms with Crippen LogP contribution in [0.2, 0.25) is 0 Å². The van der Waals surface area contributed by atoms with Crippen LogP contribution in [0.25, 0.3) is 0 Å². The average molecular weight is 322 g/mol. The van der Waals surface area contributed by atoms with Crippen molar-refractivity contribution in [1.82, 2.24) is 9.80 Å². The van der Waals surface area contributed by atoms with Crippen molar-refractivity contribution in [3.05, 3.63) is 11.6 Å². The molecule has 24 heavy (non-hydrogen) atoms. The third-order valence-electron chi connectivity index (χ3n) is 6.32. The summed E-state index contributed by atoms with van der Waals surface area (Å²) in [6, 6.07) is 6.60. The van der Waals surface area contributed by atoms with E-state index in [2.05, 4.69) is 34.1 Å². The number of fused-ring (bicyclic) bond motifs is 2. The van der Waals surface area contributed by atoms with Gasteiger partial charge in [0.2, 0.25) is 0 Å². The van der Waals surface area contributed by atoms with Crippen LogP contribution in [-0.2, 0) is 0 Å². The second-order valence-corrected chi connectivity index (χ2v) is 7.39. The molecular weight excluding hydrogens is 300 g/mol. The third kappa shape index (κ3) is 1.96. The number of piperidine rings is 1. The molecule has 2 heterocycles. The van der Waals surface area contributed by atoms with Gasteiger partial charge in [-0.25, -0.2) is 0 Å². The van der Waals surface area contributed by atoms with Crippen molar-refractivity contribution in [2.45, 2.75) is 12.8 Å². The maximum Gasteiger partial charge on any atom is 0.188 e. The highest BCUT2D eigenvalue weighted by Gasteiger charge is 2.66. The topological polar surface area (TPSA) is 102 Å². The summed E-state index contributed by atoms with van der Waals surface area (Å²) in [6.07, 6.45) is 3.47. The third-order valence-corrected chi connectivity index (χ3v) is 6.32. The van der Waals surface area contributed by atoms with Crippen LogP contribution >= 0.6 is 0 Å². The molecule has 3 aliphatic rings. The van der Waals surface area contributed by atoms with Crippen LogP contribution in [0.5, 0.6) is 0 Å². The molecule has 3 rings (SSSR count). The van der Waals surface area contributed by atoms with Crippen LogP contribution < -0.4 is 0 Å². The van der Waals surface area contributed by atoms with Crippen LogP contribution in [0.4, 0.5) is 0 Å². The van der Waals surface area contributed by atoms with Crippen LogP contribution in [0.1, 0.15) is 12.8 Å². The molecule has 2 aliphatic heterocycles. The van der Waals surface area contributed by atoms with Crippen molar-refractivity contribution in [1.29, 1.82) is 21.2 Å². The molecular formula is C18H22N6. The molecule has 1 N–H and O–H groups in total. The van der Waals surface area contributed by atoms with Crippen LogP contribution in [0.15, 0.2) is 11.6 Å². The van der Waals surface area contributed by atoms with Gasteiger partial charge >= 0.3 is 0 Å². The van der Waals surface area contributed by atoms with Crippen LogP contribution in [0.3, 0.4) is 0 Å². The molecule has 124 valence electrons. The lowest BCUT2D eigenvalue weighted by Gasteiger charge is -2.58. The molecule has 1 saturated carbocycles. The quantitative estimate of drug-likeness (QED) is 0.679. The van der Waals surface area contributed by atoms with Crippen molar-refractivity contribution in [2.24, 2.45) is 22.7 Å². The minimum Gasteiger partial charge on any atom is -0.306 e. The Kier molecular flexibility index (Phi) is 3.96. The summed E-state index contributed by atoms with van der Waals surface area (Å²) in [4.78, 5) is 4.39. The molecule has 1 saturated heterocycles. The molecule has 1 aliphatic carbocycles. The number of hydrogen-bond donors (Lipinski definition) is 1. The first kappa shape index (κ1) is 16.7. The highest BCUT2D eigenvalue weighted by molar-refractivity contribution is 6.00. The maximum absolute atomic E-state index is 10.00. The SMILES string of the molecule is CN1CCC2(CC1)[C@H]1CN(C)CC=C1[C@H](C#N)C(=N)C2(C#N)C#N. The normalized spacial score (nSPS) is 32.1. The summed E-state index contributed by atoms with van der Waals surface area (Å²) in [6.45, 7) is 3.11. The van der Waals surface area contributed by atoms with Gasteiger partial charge in [0.25, 0.3) is 0 Å². The van der Waals surface area contributed by atoms with E-state index >= 15 is 0 Å². The summed E-state index contributed by atoms with van der Waals surface area (Å²) in [5.41, 5.74) is -1.12. The summed E-state index contributed by atoms with van der Waals surface area (Å²) in [7, 11) is 4.07. The number of rotatable bonds is 0. The highest BCUT2D eigenvalue weighted by atomic mass is 15.1. The summed E-state index contributed by atoms with van der Waals surface area (Å²) in [5.74, 6) is -0.753. The van der Waals surface area contributed by atoms with E-state index in [1.165, 1.54) is 0 Å². The Bertz CT molecular complexity index is 693. The lowest BCUT2D eigenvalue weighted by molar-refractivity contribution is 0.00405. The van der Waals surface area contributed by atoms with Gasteiger partial charge in [-0.05, 0) is 45.6 Å². The minimum absolute atomic E-state index is 0.00777. The fraction of sp³-hybridized carbons (Fsp3) is 0.667. The lowest BCUT2D eigenvalue weighted by atomic mass is 9.45. The average Bonchev–Trinajstić information content (AvgIpc) is 2.59. The van der Waals surface area contributed by atoms with E-state index in [1.807, 2.05) is 14.1 Å². The fourth-order valence-electron chi connectivity index (χ4n) is 4.87. The molecule has 6 nitrogen and oxygen atoms in total. The molecule has 0 aromatic rings. The lowest BCUT2D eigenvalue weighted by Crippen LogP contribution is -2.63. The second-order valence-electron chi connectivity index (χ2n) is 7.39. The van der Waals surface area contributed by atoms with E-state index in [0.717, 1.165) is 31.8 Å². The minimum atomic E-state index is -1.51. The van der Waals surface area contributed by atoms with E-state index in [4.69, 9.17) is 5.41 Å². The van der Waals surface area contributed by atoms with Gasteiger partial charge in [0.1, 0.15) is 5.92 Å². The molecule has 0 amide bonds. The number of hydrogen-bond acceptors (Lipinski definition) is 6. The van der Waals surface area contributed by atoms with Crippen LogP contribution in [0, 0.1) is 62.1 Å². The molecule has 0 radical (unpaired) electrons. The van der Waals surface area contributed by atoms with Crippen molar-refractivity contribution < 1.29 is 0 Å². The maximum atomic E-state index is 10.00. The molecule has 0 bridgehead atoms. The highest BCUT2D eigenvalue weighted by Crippen LogP contribution is 2.60. The Labute approximate surface area is 143 Å². The zero-order chi connectivity index (χ0) is 17.5. The summed E-state index contributed by atoms with van der Waals surface area (Å²) < 4.78 is 0. The molecule has 0 aromatic heterocycles. The molecule has 0 aromatic carbocycles. The van der Waals surface area contributed by atoms with Crippen molar-refractivity contribution >= 4 is 5.71 Å². The van der Waals surface area contributed by atoms with Crippen molar-refractivity contribution in [3.63, 3.8) is 0 Å². The zero-order valence-corrected chi connectivity index (χ0v) is 14.2. The van der Waals surface area contributed by atoms with E-state index in [9.17, 15) is 15.8 Å². The number of likely N-dealkylation sites (tertiary alicyclic amines) is 1. The van der Waals surface area contributed by atoms with Gasteiger partial charge in [0.05, 0.1) is 23.9 Å². The van der Waals surface area contributed by atoms with Gasteiger partial charge in [-0.3, -0.25) is 0 Å². The van der Waals surface area contributed by atoms with Gasteiger partial charge in [0.15, 0.2) is 5.41 Å². The van der Waals surface area contributed by atoms with E-state index < -0.39 is 16.7 Å². The predicted octanol–water partition coefficient (Wildman–Crippen LogP) is 1.39. The standard InChI is InChI=1S/C18H22N6/c1-23-7-4-17(5-8-23)15-10-24(2)6-3-13(15)14(9-19)16(22)18(17,11-20)12-21/h3,14-15,22H,4-8,10H2,1-2H3/t14-,15-/m0/s1. The Morgan fingerprint density at radius 3 is 2.29 bits per heavy atom. The van der Waals surface area contributed by atoms with Gasteiger partial charge in [-0.2, -0.15) is 15.8 Å². The van der Waals surface area contributed by atoms with Gasteiger partial charge in [-0.15, -0.1) is 0 Å². The largest absolute Gasteiger partial charge is 0.306 e. The molecule has 2 fully saturated rings. The number of likely N-dealkylation sites (N-methyl/N-ethyl adjacent to an activating group) is 1. The van der Waals surface area contributed by atoms with Gasteiger partial charge in [-0.1, -0.05) is 6.08 Å². The summed E-state index contributed by atoms with van der Waals surface area (Å²) >= 11 is 0. The predicted molar refractivity (Wildman–Crippen MR) is 88.7 cm³/mol. The first-order valence-corrected chi connectivity index (χ1v) is 8.34. The summed E-state index contributed by atoms with van der Waals surface area (Å²) in [5, 5.41) is 38.2. The Hall–Kier alpha value is -2.20. The van der Waals surface area contributed by atoms with Crippen LogP contribution in [-0.4, -0.2) is 55.8 Å². The fourth-order valence-corrected chi connectivity index (χ4v) is 4.87. The number of nitrogens with one attached hydrogen (secondary N) is 1. The first-order chi connectivity index (χ1) is 11.5. The molecule has 0 unspecified atom stereocenters. The van der Waals surface area contributed by atoms with Gasteiger partial charge in [0, 0.05) is 24.4 Å². The Balaban J connectivity index is 2.23. The number of nitrogens with zero attached hydrogens (tertiary/aromatic N) is 5.